The topological polar surface area (TPSA) is 40.5 Å². The van der Waals surface area contributed by atoms with Gasteiger partial charge in [0.15, 0.2) is 0 Å². The summed E-state index contributed by atoms with van der Waals surface area (Å²) in [4.78, 5) is 0. The number of aliphatic hydroxyl groups is 2. The molecular formula is C10H18O2. The van der Waals surface area contributed by atoms with Crippen LogP contribution in [0.3, 0.4) is 0 Å². The smallest absolute Gasteiger partial charge is 0.0959 e. The highest BCUT2D eigenvalue weighted by Crippen LogP contribution is 2.53. The summed E-state index contributed by atoms with van der Waals surface area (Å²) in [6.45, 7) is 1.77. The Morgan fingerprint density at radius 2 is 1.92 bits per heavy atom. The van der Waals surface area contributed by atoms with Gasteiger partial charge in [-0.2, -0.15) is 0 Å². The van der Waals surface area contributed by atoms with E-state index in [1.807, 2.05) is 0 Å². The highest BCUT2D eigenvalue weighted by atomic mass is 16.4. The fourth-order valence-electron chi connectivity index (χ4n) is 2.91. The lowest BCUT2D eigenvalue weighted by Gasteiger charge is -2.56. The van der Waals surface area contributed by atoms with E-state index >= 15 is 0 Å². The molecule has 2 heteroatoms. The first-order chi connectivity index (χ1) is 5.56. The minimum Gasteiger partial charge on any atom is -0.387 e. The Hall–Kier alpha value is -0.0800. The standard InChI is InChI=1S/C10H18O2/c1-9(11)7-8-5-3-2-4-6-10(8,9)12/h8,11-12H,2-7H2,1H3/t8?,9-,10+/m0/s1. The summed E-state index contributed by atoms with van der Waals surface area (Å²) >= 11 is 0. The van der Waals surface area contributed by atoms with Gasteiger partial charge in [-0.3, -0.25) is 0 Å². The molecule has 2 N–H and O–H groups in total. The highest BCUT2D eigenvalue weighted by Gasteiger charge is 2.60. The maximum Gasteiger partial charge on any atom is 0.0959 e. The molecule has 0 bridgehead atoms. The predicted molar refractivity (Wildman–Crippen MR) is 46.8 cm³/mol. The van der Waals surface area contributed by atoms with Gasteiger partial charge in [0.2, 0.25) is 0 Å². The second-order valence-electron chi connectivity index (χ2n) is 4.70. The SMILES string of the molecule is C[C@]1(O)CC2CCCCC[C@@]21O. The zero-order valence-electron chi connectivity index (χ0n) is 7.71. The van der Waals surface area contributed by atoms with Crippen molar-refractivity contribution in [1.29, 1.82) is 0 Å². The van der Waals surface area contributed by atoms with Crippen molar-refractivity contribution >= 4 is 0 Å². The Balaban J connectivity index is 2.15. The van der Waals surface area contributed by atoms with Gasteiger partial charge in [0, 0.05) is 0 Å². The molecule has 12 heavy (non-hydrogen) atoms. The second kappa shape index (κ2) is 2.46. The number of rotatable bonds is 0. The normalized spacial score (nSPS) is 53.8. The van der Waals surface area contributed by atoms with E-state index in [2.05, 4.69) is 0 Å². The molecule has 70 valence electrons. The van der Waals surface area contributed by atoms with Crippen molar-refractivity contribution < 1.29 is 10.2 Å². The molecule has 0 aromatic carbocycles. The Bertz CT molecular complexity index is 188. The van der Waals surface area contributed by atoms with Crippen molar-refractivity contribution in [3.63, 3.8) is 0 Å². The molecule has 2 saturated carbocycles. The summed E-state index contributed by atoms with van der Waals surface area (Å²) in [6, 6.07) is 0. The summed E-state index contributed by atoms with van der Waals surface area (Å²) in [5.74, 6) is 0.370. The van der Waals surface area contributed by atoms with E-state index < -0.39 is 11.2 Å². The molecule has 0 aliphatic heterocycles. The van der Waals surface area contributed by atoms with E-state index in [-0.39, 0.29) is 0 Å². The summed E-state index contributed by atoms with van der Waals surface area (Å²) in [6.07, 6.45) is 6.21. The highest BCUT2D eigenvalue weighted by molar-refractivity contribution is 5.12. The number of hydrogen-bond donors (Lipinski definition) is 2. The number of fused-ring (bicyclic) bond motifs is 1. The maximum atomic E-state index is 10.2. The van der Waals surface area contributed by atoms with E-state index in [0.717, 1.165) is 25.7 Å². The molecule has 1 unspecified atom stereocenters. The predicted octanol–water partition coefficient (Wildman–Crippen LogP) is 1.45. The first-order valence-electron chi connectivity index (χ1n) is 5.01. The molecule has 0 spiro atoms. The average Bonchev–Trinajstić information content (AvgIpc) is 2.14. The molecule has 0 saturated heterocycles. The van der Waals surface area contributed by atoms with Gasteiger partial charge < -0.3 is 10.2 Å². The first kappa shape index (κ1) is 8.52. The van der Waals surface area contributed by atoms with Gasteiger partial charge in [0.05, 0.1) is 11.2 Å². The van der Waals surface area contributed by atoms with Gasteiger partial charge in [-0.05, 0) is 32.1 Å². The summed E-state index contributed by atoms with van der Waals surface area (Å²) in [5, 5.41) is 20.0. The molecule has 0 amide bonds. The fraction of sp³-hybridized carbons (Fsp3) is 1.00. The van der Waals surface area contributed by atoms with Crippen molar-refractivity contribution in [2.45, 2.75) is 56.7 Å². The minimum atomic E-state index is -0.804. The van der Waals surface area contributed by atoms with Gasteiger partial charge >= 0.3 is 0 Å². The largest absolute Gasteiger partial charge is 0.387 e. The lowest BCUT2D eigenvalue weighted by atomic mass is 9.56. The van der Waals surface area contributed by atoms with E-state index in [1.54, 1.807) is 6.92 Å². The Kier molecular flexibility index (Phi) is 1.74. The Morgan fingerprint density at radius 3 is 2.58 bits per heavy atom. The molecule has 0 aromatic rings. The average molecular weight is 170 g/mol. The maximum absolute atomic E-state index is 10.2. The van der Waals surface area contributed by atoms with E-state index in [0.29, 0.717) is 5.92 Å². The molecule has 0 aromatic heterocycles. The second-order valence-corrected chi connectivity index (χ2v) is 4.70. The van der Waals surface area contributed by atoms with Crippen molar-refractivity contribution in [2.24, 2.45) is 5.92 Å². The van der Waals surface area contributed by atoms with E-state index in [1.165, 1.54) is 12.8 Å². The summed E-state index contributed by atoms with van der Waals surface area (Å²) in [7, 11) is 0. The fourth-order valence-corrected chi connectivity index (χ4v) is 2.91. The molecule has 2 rings (SSSR count). The molecule has 3 atom stereocenters. The van der Waals surface area contributed by atoms with Gasteiger partial charge in [0.25, 0.3) is 0 Å². The summed E-state index contributed by atoms with van der Waals surface area (Å²) < 4.78 is 0. The molecule has 2 nitrogen and oxygen atoms in total. The van der Waals surface area contributed by atoms with Crippen LogP contribution in [-0.2, 0) is 0 Å². The van der Waals surface area contributed by atoms with Crippen LogP contribution in [0, 0.1) is 5.92 Å². The molecule has 2 aliphatic carbocycles. The third kappa shape index (κ3) is 0.944. The van der Waals surface area contributed by atoms with Crippen LogP contribution < -0.4 is 0 Å². The molecular weight excluding hydrogens is 152 g/mol. The van der Waals surface area contributed by atoms with Crippen LogP contribution in [0.15, 0.2) is 0 Å². The zero-order valence-corrected chi connectivity index (χ0v) is 7.71. The van der Waals surface area contributed by atoms with Crippen molar-refractivity contribution in [3.8, 4) is 0 Å². The summed E-state index contributed by atoms with van der Waals surface area (Å²) in [5.41, 5.74) is -1.55. The van der Waals surface area contributed by atoms with Crippen molar-refractivity contribution in [3.05, 3.63) is 0 Å². The van der Waals surface area contributed by atoms with Crippen LogP contribution in [0.2, 0.25) is 0 Å². The van der Waals surface area contributed by atoms with Crippen LogP contribution >= 0.6 is 0 Å². The van der Waals surface area contributed by atoms with Crippen LogP contribution in [0.1, 0.15) is 45.4 Å². The third-order valence-electron chi connectivity index (χ3n) is 3.86. The van der Waals surface area contributed by atoms with Crippen LogP contribution in [-0.4, -0.2) is 21.4 Å². The van der Waals surface area contributed by atoms with Gasteiger partial charge in [-0.25, -0.2) is 0 Å². The van der Waals surface area contributed by atoms with E-state index in [9.17, 15) is 10.2 Å². The molecule has 2 aliphatic rings. The lowest BCUT2D eigenvalue weighted by Crippen LogP contribution is -2.67. The third-order valence-corrected chi connectivity index (χ3v) is 3.86. The van der Waals surface area contributed by atoms with Crippen molar-refractivity contribution in [2.75, 3.05) is 0 Å². The van der Waals surface area contributed by atoms with Crippen LogP contribution in [0.25, 0.3) is 0 Å². The first-order valence-corrected chi connectivity index (χ1v) is 5.01. The monoisotopic (exact) mass is 170 g/mol. The van der Waals surface area contributed by atoms with Crippen LogP contribution in [0.5, 0.6) is 0 Å². The molecule has 0 heterocycles. The van der Waals surface area contributed by atoms with Crippen molar-refractivity contribution in [1.82, 2.24) is 0 Å². The van der Waals surface area contributed by atoms with Crippen LogP contribution in [0.4, 0.5) is 0 Å². The van der Waals surface area contributed by atoms with E-state index in [4.69, 9.17) is 0 Å². The van der Waals surface area contributed by atoms with Gasteiger partial charge in [-0.15, -0.1) is 0 Å². The lowest BCUT2D eigenvalue weighted by molar-refractivity contribution is -0.254. The minimum absolute atomic E-state index is 0.370. The van der Waals surface area contributed by atoms with Gasteiger partial charge in [-0.1, -0.05) is 19.3 Å². The zero-order chi connectivity index (χ0) is 8.82. The molecule has 2 fully saturated rings. The Morgan fingerprint density at radius 1 is 1.17 bits per heavy atom. The molecule has 0 radical (unpaired) electrons. The van der Waals surface area contributed by atoms with Gasteiger partial charge in [0.1, 0.15) is 0 Å². The number of hydrogen-bond acceptors (Lipinski definition) is 2. The quantitative estimate of drug-likeness (QED) is 0.577. The Labute approximate surface area is 73.6 Å².